The van der Waals surface area contributed by atoms with Gasteiger partial charge >= 0.3 is 0 Å². The number of nitrogens with two attached hydrogens (primary N) is 1. The predicted octanol–water partition coefficient (Wildman–Crippen LogP) is 2.00. The molecule has 1 aliphatic rings. The first kappa shape index (κ1) is 11.8. The third kappa shape index (κ3) is 2.52. The van der Waals surface area contributed by atoms with E-state index < -0.39 is 5.91 Å². The Morgan fingerprint density at radius 3 is 2.71 bits per heavy atom. The summed E-state index contributed by atoms with van der Waals surface area (Å²) in [5.41, 5.74) is 6.61. The minimum absolute atomic E-state index is 0.419. The highest BCUT2D eigenvalue weighted by Crippen LogP contribution is 2.33. The van der Waals surface area contributed by atoms with Gasteiger partial charge in [0.1, 0.15) is 5.75 Å². The lowest BCUT2D eigenvalue weighted by atomic mass is 9.82. The highest BCUT2D eigenvalue weighted by Gasteiger charge is 2.25. The quantitative estimate of drug-likeness (QED) is 0.837. The molecule has 0 radical (unpaired) electrons. The Morgan fingerprint density at radius 2 is 2.18 bits per heavy atom. The molecule has 1 amide bonds. The van der Waals surface area contributed by atoms with Crippen LogP contribution in [0.5, 0.6) is 5.75 Å². The number of hydrogen-bond donors (Lipinski definition) is 2. The van der Waals surface area contributed by atoms with Crippen LogP contribution in [-0.4, -0.2) is 19.1 Å². The Kier molecular flexibility index (Phi) is 3.22. The van der Waals surface area contributed by atoms with Crippen LogP contribution in [-0.2, 0) is 0 Å². The zero-order valence-electron chi connectivity index (χ0n) is 10.2. The topological polar surface area (TPSA) is 64.3 Å². The van der Waals surface area contributed by atoms with E-state index in [4.69, 9.17) is 10.5 Å². The zero-order valence-corrected chi connectivity index (χ0v) is 10.2. The maximum absolute atomic E-state index is 11.1. The Morgan fingerprint density at radius 1 is 1.47 bits per heavy atom. The van der Waals surface area contributed by atoms with Crippen molar-refractivity contribution in [3.8, 4) is 5.75 Å². The molecule has 1 aliphatic carbocycles. The molecule has 17 heavy (non-hydrogen) atoms. The van der Waals surface area contributed by atoms with Gasteiger partial charge in [0.05, 0.1) is 12.8 Å². The SMILES string of the molecule is COc1ccc(C(N)=O)cc1NC1CC(C)C1. The highest BCUT2D eigenvalue weighted by molar-refractivity contribution is 5.94. The number of hydrogen-bond acceptors (Lipinski definition) is 3. The molecule has 4 nitrogen and oxygen atoms in total. The van der Waals surface area contributed by atoms with E-state index in [9.17, 15) is 4.79 Å². The number of primary amides is 1. The summed E-state index contributed by atoms with van der Waals surface area (Å²) in [6.45, 7) is 2.23. The lowest BCUT2D eigenvalue weighted by molar-refractivity contribution is 0.100. The van der Waals surface area contributed by atoms with Crippen LogP contribution in [0.4, 0.5) is 5.69 Å². The van der Waals surface area contributed by atoms with Crippen LogP contribution < -0.4 is 15.8 Å². The molecule has 0 atom stereocenters. The van der Waals surface area contributed by atoms with Gasteiger partial charge in [-0.25, -0.2) is 0 Å². The standard InChI is InChI=1S/C13H18N2O2/c1-8-5-10(6-8)15-11-7-9(13(14)16)3-4-12(11)17-2/h3-4,7-8,10,15H,5-6H2,1-2H3,(H2,14,16). The Hall–Kier alpha value is -1.71. The van der Waals surface area contributed by atoms with E-state index in [1.807, 2.05) is 0 Å². The highest BCUT2D eigenvalue weighted by atomic mass is 16.5. The van der Waals surface area contributed by atoms with E-state index in [2.05, 4.69) is 12.2 Å². The first-order valence-electron chi connectivity index (χ1n) is 5.84. The molecule has 0 unspecified atom stereocenters. The second kappa shape index (κ2) is 4.65. The van der Waals surface area contributed by atoms with Gasteiger partial charge in [-0.2, -0.15) is 0 Å². The average molecular weight is 234 g/mol. The van der Waals surface area contributed by atoms with Gasteiger partial charge in [0, 0.05) is 11.6 Å². The van der Waals surface area contributed by atoms with Crippen molar-refractivity contribution in [3.05, 3.63) is 23.8 Å². The molecule has 1 aromatic carbocycles. The van der Waals surface area contributed by atoms with Gasteiger partial charge in [-0.15, -0.1) is 0 Å². The van der Waals surface area contributed by atoms with Crippen LogP contribution in [0.2, 0.25) is 0 Å². The number of carbonyl (C=O) groups excluding carboxylic acids is 1. The summed E-state index contributed by atoms with van der Waals surface area (Å²) in [4.78, 5) is 11.1. The molecule has 1 fully saturated rings. The molecule has 92 valence electrons. The van der Waals surface area contributed by atoms with Crippen LogP contribution in [0.1, 0.15) is 30.1 Å². The van der Waals surface area contributed by atoms with Gasteiger partial charge in [0.25, 0.3) is 0 Å². The van der Waals surface area contributed by atoms with Gasteiger partial charge in [0.2, 0.25) is 5.91 Å². The third-order valence-corrected chi connectivity index (χ3v) is 3.22. The molecular weight excluding hydrogens is 216 g/mol. The number of benzene rings is 1. The first-order chi connectivity index (χ1) is 8.10. The molecule has 0 aliphatic heterocycles. The number of methoxy groups -OCH3 is 1. The lowest BCUT2D eigenvalue weighted by Gasteiger charge is -2.34. The van der Waals surface area contributed by atoms with Gasteiger partial charge in [-0.1, -0.05) is 6.92 Å². The number of rotatable bonds is 4. The van der Waals surface area contributed by atoms with E-state index in [1.165, 1.54) is 0 Å². The molecule has 0 bridgehead atoms. The van der Waals surface area contributed by atoms with E-state index in [0.717, 1.165) is 30.2 Å². The van der Waals surface area contributed by atoms with E-state index in [-0.39, 0.29) is 0 Å². The molecule has 0 saturated heterocycles. The molecule has 2 rings (SSSR count). The maximum Gasteiger partial charge on any atom is 0.248 e. The van der Waals surface area contributed by atoms with Crippen molar-refractivity contribution >= 4 is 11.6 Å². The molecule has 0 heterocycles. The van der Waals surface area contributed by atoms with Crippen molar-refractivity contribution in [2.75, 3.05) is 12.4 Å². The van der Waals surface area contributed by atoms with E-state index in [0.29, 0.717) is 11.6 Å². The molecule has 0 aromatic heterocycles. The lowest BCUT2D eigenvalue weighted by Crippen LogP contribution is -2.33. The number of ether oxygens (including phenoxy) is 1. The molecule has 1 aromatic rings. The smallest absolute Gasteiger partial charge is 0.248 e. The average Bonchev–Trinajstić information content (AvgIpc) is 2.26. The summed E-state index contributed by atoms with van der Waals surface area (Å²) in [6, 6.07) is 5.67. The maximum atomic E-state index is 11.1. The normalized spacial score (nSPS) is 22.7. The number of amides is 1. The van der Waals surface area contributed by atoms with Crippen molar-refractivity contribution in [3.63, 3.8) is 0 Å². The molecular formula is C13H18N2O2. The Balaban J connectivity index is 2.17. The van der Waals surface area contributed by atoms with Gasteiger partial charge < -0.3 is 15.8 Å². The molecule has 4 heteroatoms. The summed E-state index contributed by atoms with van der Waals surface area (Å²) in [6.07, 6.45) is 2.31. The minimum Gasteiger partial charge on any atom is -0.495 e. The van der Waals surface area contributed by atoms with Gasteiger partial charge in [-0.05, 0) is 37.0 Å². The zero-order chi connectivity index (χ0) is 12.4. The monoisotopic (exact) mass is 234 g/mol. The number of nitrogens with one attached hydrogen (secondary N) is 1. The summed E-state index contributed by atoms with van der Waals surface area (Å²) < 4.78 is 5.26. The summed E-state index contributed by atoms with van der Waals surface area (Å²) in [5.74, 6) is 1.10. The van der Waals surface area contributed by atoms with Crippen LogP contribution in [0, 0.1) is 5.92 Å². The fraction of sp³-hybridized carbons (Fsp3) is 0.462. The minimum atomic E-state index is -0.419. The van der Waals surface area contributed by atoms with Crippen molar-refractivity contribution in [1.29, 1.82) is 0 Å². The number of carbonyl (C=O) groups is 1. The van der Waals surface area contributed by atoms with Crippen LogP contribution >= 0.6 is 0 Å². The molecule has 1 saturated carbocycles. The summed E-state index contributed by atoms with van der Waals surface area (Å²) in [7, 11) is 1.62. The van der Waals surface area contributed by atoms with E-state index in [1.54, 1.807) is 25.3 Å². The largest absolute Gasteiger partial charge is 0.495 e. The van der Waals surface area contributed by atoms with Crippen molar-refractivity contribution < 1.29 is 9.53 Å². The van der Waals surface area contributed by atoms with Crippen LogP contribution in [0.3, 0.4) is 0 Å². The van der Waals surface area contributed by atoms with Crippen molar-refractivity contribution in [2.24, 2.45) is 11.7 Å². The summed E-state index contributed by atoms with van der Waals surface area (Å²) >= 11 is 0. The fourth-order valence-corrected chi connectivity index (χ4v) is 2.21. The van der Waals surface area contributed by atoms with Crippen molar-refractivity contribution in [2.45, 2.75) is 25.8 Å². The number of anilines is 1. The van der Waals surface area contributed by atoms with Crippen LogP contribution in [0.25, 0.3) is 0 Å². The Labute approximate surface area is 101 Å². The second-order valence-electron chi connectivity index (χ2n) is 4.70. The predicted molar refractivity (Wildman–Crippen MR) is 67.3 cm³/mol. The second-order valence-corrected chi connectivity index (χ2v) is 4.70. The molecule has 0 spiro atoms. The van der Waals surface area contributed by atoms with E-state index >= 15 is 0 Å². The third-order valence-electron chi connectivity index (χ3n) is 3.22. The molecule has 3 N–H and O–H groups in total. The Bertz CT molecular complexity index is 425. The van der Waals surface area contributed by atoms with Gasteiger partial charge in [0.15, 0.2) is 0 Å². The van der Waals surface area contributed by atoms with Crippen molar-refractivity contribution in [1.82, 2.24) is 0 Å². The van der Waals surface area contributed by atoms with Crippen LogP contribution in [0.15, 0.2) is 18.2 Å². The fourth-order valence-electron chi connectivity index (χ4n) is 2.21. The summed E-state index contributed by atoms with van der Waals surface area (Å²) in [5, 5.41) is 3.39. The first-order valence-corrected chi connectivity index (χ1v) is 5.84. The van der Waals surface area contributed by atoms with Gasteiger partial charge in [-0.3, -0.25) is 4.79 Å².